The van der Waals surface area contributed by atoms with Crippen LogP contribution in [0.5, 0.6) is 11.5 Å². The third-order valence-corrected chi connectivity index (χ3v) is 5.80. The van der Waals surface area contributed by atoms with E-state index in [0.29, 0.717) is 29.7 Å². The first-order valence-electron chi connectivity index (χ1n) is 10.3. The number of ether oxygens (including phenoxy) is 2. The summed E-state index contributed by atoms with van der Waals surface area (Å²) in [5.74, 6) is 0.0788. The Morgan fingerprint density at radius 2 is 2.00 bits per heavy atom. The molecular formula is C25H26N2O4. The molecule has 0 spiro atoms. The van der Waals surface area contributed by atoms with Crippen LogP contribution in [-0.2, 0) is 24.0 Å². The van der Waals surface area contributed by atoms with Gasteiger partial charge in [-0.05, 0) is 51.8 Å². The van der Waals surface area contributed by atoms with E-state index in [2.05, 4.69) is 6.07 Å². The topological polar surface area (TPSA) is 91.9 Å². The lowest BCUT2D eigenvalue weighted by Gasteiger charge is -2.32. The maximum absolute atomic E-state index is 12.1. The normalized spacial score (nSPS) is 17.6. The van der Waals surface area contributed by atoms with Gasteiger partial charge in [0.2, 0.25) is 0 Å². The standard InChI is InChI=1S/C25H26N2O4/c1-24(2)12-17-16(9-10-26)21(28)22-18(13-25(3,4)31-22)19(17)20(27-24)14-7-6-8-15(11-14)23(29)30-5/h6-8,11,28H,9,12-13H2,1-5H3. The van der Waals surface area contributed by atoms with Gasteiger partial charge in [0.15, 0.2) is 11.5 Å². The maximum Gasteiger partial charge on any atom is 0.337 e. The molecule has 0 radical (unpaired) electrons. The third-order valence-electron chi connectivity index (χ3n) is 5.80. The predicted octanol–water partition coefficient (Wildman–Crippen LogP) is 4.13. The summed E-state index contributed by atoms with van der Waals surface area (Å²) in [6.45, 7) is 8.01. The van der Waals surface area contributed by atoms with Gasteiger partial charge in [-0.3, -0.25) is 4.99 Å². The molecule has 4 rings (SSSR count). The lowest BCUT2D eigenvalue weighted by Crippen LogP contribution is -2.31. The number of esters is 1. The molecule has 0 unspecified atom stereocenters. The molecule has 2 aromatic rings. The summed E-state index contributed by atoms with van der Waals surface area (Å²) in [7, 11) is 1.36. The fourth-order valence-electron chi connectivity index (χ4n) is 4.59. The Labute approximate surface area is 182 Å². The van der Waals surface area contributed by atoms with Crippen molar-refractivity contribution in [3.8, 4) is 17.6 Å². The van der Waals surface area contributed by atoms with E-state index in [1.165, 1.54) is 7.11 Å². The Bertz CT molecular complexity index is 1170. The van der Waals surface area contributed by atoms with Crippen molar-refractivity contribution >= 4 is 11.7 Å². The van der Waals surface area contributed by atoms with E-state index in [0.717, 1.165) is 28.0 Å². The number of methoxy groups -OCH3 is 1. The Hall–Kier alpha value is -3.33. The average molecular weight is 418 g/mol. The molecule has 2 aromatic carbocycles. The molecule has 0 aliphatic carbocycles. The van der Waals surface area contributed by atoms with Crippen molar-refractivity contribution in [1.29, 1.82) is 5.26 Å². The van der Waals surface area contributed by atoms with Crippen molar-refractivity contribution in [2.24, 2.45) is 4.99 Å². The van der Waals surface area contributed by atoms with E-state index < -0.39 is 17.1 Å². The number of nitrogens with zero attached hydrogens (tertiary/aromatic N) is 2. The van der Waals surface area contributed by atoms with Crippen LogP contribution in [0.1, 0.15) is 65.9 Å². The van der Waals surface area contributed by atoms with Crippen molar-refractivity contribution in [2.75, 3.05) is 7.11 Å². The maximum atomic E-state index is 12.1. The number of aliphatic imine (C=N–C) groups is 1. The molecule has 31 heavy (non-hydrogen) atoms. The summed E-state index contributed by atoms with van der Waals surface area (Å²) >= 11 is 0. The van der Waals surface area contributed by atoms with E-state index in [-0.39, 0.29) is 12.2 Å². The molecule has 2 aliphatic rings. The third kappa shape index (κ3) is 3.54. The minimum atomic E-state index is -0.481. The second-order valence-corrected chi connectivity index (χ2v) is 9.38. The summed E-state index contributed by atoms with van der Waals surface area (Å²) in [5.41, 5.74) is 4.38. The van der Waals surface area contributed by atoms with Crippen LogP contribution in [0.15, 0.2) is 29.3 Å². The Morgan fingerprint density at radius 3 is 2.68 bits per heavy atom. The van der Waals surface area contributed by atoms with Crippen LogP contribution in [0.2, 0.25) is 0 Å². The van der Waals surface area contributed by atoms with Crippen LogP contribution < -0.4 is 4.74 Å². The zero-order valence-corrected chi connectivity index (χ0v) is 18.5. The Balaban J connectivity index is 2.03. The van der Waals surface area contributed by atoms with Crippen molar-refractivity contribution < 1.29 is 19.4 Å². The molecule has 0 bridgehead atoms. The zero-order valence-electron chi connectivity index (χ0n) is 18.5. The van der Waals surface area contributed by atoms with Gasteiger partial charge < -0.3 is 14.6 Å². The van der Waals surface area contributed by atoms with Crippen LogP contribution in [-0.4, -0.2) is 35.0 Å². The summed E-state index contributed by atoms with van der Waals surface area (Å²) in [5, 5.41) is 20.5. The van der Waals surface area contributed by atoms with Gasteiger partial charge in [-0.25, -0.2) is 4.79 Å². The number of phenols is 1. The highest BCUT2D eigenvalue weighted by Gasteiger charge is 2.41. The number of nitriles is 1. The van der Waals surface area contributed by atoms with Crippen LogP contribution in [0, 0.1) is 11.3 Å². The summed E-state index contributed by atoms with van der Waals surface area (Å²) in [4.78, 5) is 17.2. The first-order valence-corrected chi connectivity index (χ1v) is 10.3. The van der Waals surface area contributed by atoms with Gasteiger partial charge in [0, 0.05) is 28.7 Å². The van der Waals surface area contributed by atoms with Gasteiger partial charge >= 0.3 is 5.97 Å². The fourth-order valence-corrected chi connectivity index (χ4v) is 4.59. The van der Waals surface area contributed by atoms with Gasteiger partial charge in [-0.2, -0.15) is 5.26 Å². The molecule has 0 atom stereocenters. The highest BCUT2D eigenvalue weighted by Crippen LogP contribution is 2.50. The smallest absolute Gasteiger partial charge is 0.337 e. The fraction of sp³-hybridized carbons (Fsp3) is 0.400. The highest BCUT2D eigenvalue weighted by atomic mass is 16.5. The largest absolute Gasteiger partial charge is 0.504 e. The van der Waals surface area contributed by atoms with E-state index in [1.54, 1.807) is 12.1 Å². The number of aromatic hydroxyl groups is 1. The van der Waals surface area contributed by atoms with Crippen LogP contribution in [0.4, 0.5) is 0 Å². The summed E-state index contributed by atoms with van der Waals surface area (Å²) in [6.07, 6.45) is 1.29. The number of fused-ring (bicyclic) bond motifs is 3. The molecule has 0 saturated carbocycles. The molecule has 2 aliphatic heterocycles. The minimum Gasteiger partial charge on any atom is -0.504 e. The number of carbonyl (C=O) groups is 1. The van der Waals surface area contributed by atoms with Crippen LogP contribution in [0.25, 0.3) is 0 Å². The predicted molar refractivity (Wildman–Crippen MR) is 117 cm³/mol. The number of hydrogen-bond acceptors (Lipinski definition) is 6. The molecule has 0 amide bonds. The van der Waals surface area contributed by atoms with Crippen molar-refractivity contribution in [3.05, 3.63) is 57.6 Å². The first kappa shape index (κ1) is 20.9. The molecule has 2 heterocycles. The number of phenolic OH excluding ortho intramolecular Hbond substituents is 1. The summed E-state index contributed by atoms with van der Waals surface area (Å²) in [6, 6.07) is 9.39. The number of benzene rings is 2. The van der Waals surface area contributed by atoms with Gasteiger partial charge in [0.05, 0.1) is 36.4 Å². The molecule has 0 fully saturated rings. The zero-order chi connectivity index (χ0) is 22.6. The molecule has 0 aromatic heterocycles. The number of carbonyl (C=O) groups excluding carboxylic acids is 1. The van der Waals surface area contributed by atoms with Crippen LogP contribution >= 0.6 is 0 Å². The first-order chi connectivity index (χ1) is 14.6. The minimum absolute atomic E-state index is 0.0567. The van der Waals surface area contributed by atoms with Crippen molar-refractivity contribution in [2.45, 2.75) is 58.1 Å². The van der Waals surface area contributed by atoms with Gasteiger partial charge in [-0.15, -0.1) is 0 Å². The van der Waals surface area contributed by atoms with Gasteiger partial charge in [0.1, 0.15) is 5.60 Å². The van der Waals surface area contributed by atoms with Gasteiger partial charge in [0.25, 0.3) is 0 Å². The quantitative estimate of drug-likeness (QED) is 0.757. The average Bonchev–Trinajstić information content (AvgIpc) is 3.04. The van der Waals surface area contributed by atoms with Gasteiger partial charge in [-0.1, -0.05) is 12.1 Å². The molecule has 1 N–H and O–H groups in total. The van der Waals surface area contributed by atoms with E-state index in [4.69, 9.17) is 14.5 Å². The SMILES string of the molecule is COC(=O)c1cccc(C2=NC(C)(C)Cc3c(CC#N)c(O)c4c(c32)CC(C)(C)O4)c1. The highest BCUT2D eigenvalue weighted by molar-refractivity contribution is 6.17. The van der Waals surface area contributed by atoms with Crippen LogP contribution in [0.3, 0.4) is 0 Å². The molecular weight excluding hydrogens is 392 g/mol. The molecule has 6 nitrogen and oxygen atoms in total. The second kappa shape index (κ2) is 7.12. The second-order valence-electron chi connectivity index (χ2n) is 9.38. The van der Waals surface area contributed by atoms with E-state index >= 15 is 0 Å². The molecule has 6 heteroatoms. The molecule has 0 saturated heterocycles. The molecule has 160 valence electrons. The van der Waals surface area contributed by atoms with Crippen molar-refractivity contribution in [1.82, 2.24) is 0 Å². The monoisotopic (exact) mass is 418 g/mol. The number of rotatable bonds is 3. The van der Waals surface area contributed by atoms with Crippen molar-refractivity contribution in [3.63, 3.8) is 0 Å². The summed E-state index contributed by atoms with van der Waals surface area (Å²) < 4.78 is 11.0. The lowest BCUT2D eigenvalue weighted by molar-refractivity contribution is 0.0600. The van der Waals surface area contributed by atoms with E-state index in [9.17, 15) is 15.2 Å². The van der Waals surface area contributed by atoms with E-state index in [1.807, 2.05) is 39.8 Å². The Kier molecular flexibility index (Phi) is 4.81. The Morgan fingerprint density at radius 1 is 1.26 bits per heavy atom. The lowest BCUT2D eigenvalue weighted by atomic mass is 9.78. The number of hydrogen-bond donors (Lipinski definition) is 1.